The third-order valence-electron chi connectivity index (χ3n) is 5.91. The van der Waals surface area contributed by atoms with Crippen molar-refractivity contribution in [1.82, 2.24) is 10.1 Å². The lowest BCUT2D eigenvalue weighted by Gasteiger charge is -2.14. The Hall–Kier alpha value is -3.09. The Bertz CT molecular complexity index is 1330. The Morgan fingerprint density at radius 2 is 1.93 bits per heavy atom. The summed E-state index contributed by atoms with van der Waals surface area (Å²) in [5, 5.41) is 25.2. The molecule has 30 heavy (non-hydrogen) atoms. The van der Waals surface area contributed by atoms with Crippen LogP contribution in [0.3, 0.4) is 0 Å². The molecule has 0 aliphatic heterocycles. The number of fused-ring (bicyclic) bond motifs is 1. The van der Waals surface area contributed by atoms with Crippen molar-refractivity contribution in [3.63, 3.8) is 0 Å². The van der Waals surface area contributed by atoms with Crippen LogP contribution in [0.5, 0.6) is 5.75 Å². The normalized spacial score (nSPS) is 14.9. The maximum absolute atomic E-state index is 12.5. The molecular formula is C23H19ClN2O4. The quantitative estimate of drug-likeness (QED) is 0.448. The first-order valence-electron chi connectivity index (χ1n) is 9.66. The molecule has 0 atom stereocenters. The first-order valence-corrected chi connectivity index (χ1v) is 10.0. The highest BCUT2D eigenvalue weighted by Gasteiger charge is 2.43. The van der Waals surface area contributed by atoms with Crippen LogP contribution in [-0.2, 0) is 5.41 Å². The highest BCUT2D eigenvalue weighted by atomic mass is 35.5. The van der Waals surface area contributed by atoms with E-state index in [0.717, 1.165) is 29.5 Å². The topological polar surface area (TPSA) is 99.3 Å². The van der Waals surface area contributed by atoms with Crippen molar-refractivity contribution in [1.29, 1.82) is 0 Å². The standard InChI is InChI=1S/C23H19ClN2O4/c1-12-8-19(30-26-12)20-21(28)16-9-15(17(24)10-18(16)25-22(20)29)13-2-4-14(5-3-13)23(11-27)6-7-23/h2-5,8-10,27H,6-7,11H2,1H3,(H2,25,28,29). The van der Waals surface area contributed by atoms with Crippen molar-refractivity contribution in [2.75, 3.05) is 6.61 Å². The van der Waals surface area contributed by atoms with Crippen LogP contribution in [0.15, 0.2) is 51.8 Å². The van der Waals surface area contributed by atoms with E-state index in [4.69, 9.17) is 16.1 Å². The summed E-state index contributed by atoms with van der Waals surface area (Å²) in [6.07, 6.45) is 1.98. The fourth-order valence-electron chi connectivity index (χ4n) is 3.92. The van der Waals surface area contributed by atoms with Crippen molar-refractivity contribution >= 4 is 22.5 Å². The molecule has 0 spiro atoms. The molecule has 1 fully saturated rings. The molecule has 0 unspecified atom stereocenters. The van der Waals surface area contributed by atoms with E-state index >= 15 is 0 Å². The molecule has 3 N–H and O–H groups in total. The van der Waals surface area contributed by atoms with E-state index in [1.165, 1.54) is 0 Å². The number of aliphatic hydroxyl groups is 1. The van der Waals surface area contributed by atoms with Gasteiger partial charge < -0.3 is 19.7 Å². The number of pyridine rings is 1. The number of aromatic hydroxyl groups is 1. The molecule has 1 aliphatic rings. The van der Waals surface area contributed by atoms with E-state index in [1.54, 1.807) is 25.1 Å². The summed E-state index contributed by atoms with van der Waals surface area (Å²) in [5.41, 5.74) is 3.20. The van der Waals surface area contributed by atoms with Gasteiger partial charge in [-0.1, -0.05) is 41.0 Å². The average molecular weight is 423 g/mol. The molecule has 2 aromatic carbocycles. The minimum Gasteiger partial charge on any atom is -0.506 e. The van der Waals surface area contributed by atoms with Crippen molar-refractivity contribution in [2.45, 2.75) is 25.2 Å². The molecule has 4 aromatic rings. The first-order chi connectivity index (χ1) is 14.4. The zero-order valence-corrected chi connectivity index (χ0v) is 17.0. The van der Waals surface area contributed by atoms with Gasteiger partial charge in [0.1, 0.15) is 11.3 Å². The van der Waals surface area contributed by atoms with Gasteiger partial charge in [-0.25, -0.2) is 0 Å². The summed E-state index contributed by atoms with van der Waals surface area (Å²) < 4.78 is 5.18. The van der Waals surface area contributed by atoms with Gasteiger partial charge in [-0.05, 0) is 43.0 Å². The third-order valence-corrected chi connectivity index (χ3v) is 6.23. The minimum atomic E-state index is -0.483. The Kier molecular flexibility index (Phi) is 4.24. The largest absolute Gasteiger partial charge is 0.506 e. The van der Waals surface area contributed by atoms with Gasteiger partial charge >= 0.3 is 0 Å². The molecule has 1 aliphatic carbocycles. The van der Waals surface area contributed by atoms with Crippen molar-refractivity contribution in [2.24, 2.45) is 0 Å². The Balaban J connectivity index is 1.65. The number of nitrogens with one attached hydrogen (secondary N) is 1. The first kappa shape index (κ1) is 18.9. The number of benzene rings is 2. The number of aliphatic hydroxyl groups excluding tert-OH is 1. The number of halogens is 1. The number of hydrogen-bond donors (Lipinski definition) is 3. The smallest absolute Gasteiger partial charge is 0.263 e. The molecule has 152 valence electrons. The van der Waals surface area contributed by atoms with E-state index in [1.807, 2.05) is 24.3 Å². The SMILES string of the molecule is Cc1cc(-c2c(O)c3cc(-c4ccc(C5(CO)CC5)cc4)c(Cl)cc3[nH]c2=O)on1. The monoisotopic (exact) mass is 422 g/mol. The van der Waals surface area contributed by atoms with Gasteiger partial charge in [0.2, 0.25) is 0 Å². The number of H-pyrrole nitrogens is 1. The molecule has 0 radical (unpaired) electrons. The number of aromatic amines is 1. The van der Waals surface area contributed by atoms with E-state index in [0.29, 0.717) is 21.6 Å². The molecule has 5 rings (SSSR count). The van der Waals surface area contributed by atoms with Crippen LogP contribution < -0.4 is 5.56 Å². The highest BCUT2D eigenvalue weighted by molar-refractivity contribution is 6.34. The predicted molar refractivity (Wildman–Crippen MR) is 115 cm³/mol. The number of aryl methyl sites for hydroxylation is 1. The predicted octanol–water partition coefficient (Wildman–Crippen LogP) is 4.54. The summed E-state index contributed by atoms with van der Waals surface area (Å²) in [6, 6.07) is 12.9. The van der Waals surface area contributed by atoms with Crippen LogP contribution in [0.4, 0.5) is 0 Å². The zero-order valence-electron chi connectivity index (χ0n) is 16.2. The molecule has 7 heteroatoms. The van der Waals surface area contributed by atoms with Gasteiger partial charge in [0, 0.05) is 22.4 Å². The zero-order chi connectivity index (χ0) is 21.0. The van der Waals surface area contributed by atoms with Crippen molar-refractivity contribution in [3.05, 3.63) is 69.1 Å². The average Bonchev–Trinajstić information content (AvgIpc) is 3.42. The fourth-order valence-corrected chi connectivity index (χ4v) is 4.20. The van der Waals surface area contributed by atoms with Gasteiger partial charge in [-0.2, -0.15) is 0 Å². The van der Waals surface area contributed by atoms with Gasteiger partial charge in [-0.15, -0.1) is 0 Å². The molecule has 0 bridgehead atoms. The summed E-state index contributed by atoms with van der Waals surface area (Å²) in [4.78, 5) is 15.3. The van der Waals surface area contributed by atoms with Crippen LogP contribution in [0, 0.1) is 6.92 Å². The third kappa shape index (κ3) is 2.91. The maximum Gasteiger partial charge on any atom is 0.263 e. The number of aromatic nitrogens is 2. The molecule has 0 amide bonds. The fraction of sp³-hybridized carbons (Fsp3) is 0.217. The minimum absolute atomic E-state index is 0.0327. The number of rotatable bonds is 4. The highest BCUT2D eigenvalue weighted by Crippen LogP contribution is 2.48. The summed E-state index contributed by atoms with van der Waals surface area (Å²) >= 11 is 6.50. The van der Waals surface area contributed by atoms with Crippen molar-refractivity contribution < 1.29 is 14.7 Å². The van der Waals surface area contributed by atoms with Crippen molar-refractivity contribution in [3.8, 4) is 28.2 Å². The summed E-state index contributed by atoms with van der Waals surface area (Å²) in [5.74, 6) is 0.0180. The van der Waals surface area contributed by atoms with E-state index < -0.39 is 5.56 Å². The lowest BCUT2D eigenvalue weighted by atomic mass is 9.94. The number of hydrogen-bond acceptors (Lipinski definition) is 5. The van der Waals surface area contributed by atoms with Gasteiger partial charge in [0.25, 0.3) is 5.56 Å². The van der Waals surface area contributed by atoms with E-state index in [9.17, 15) is 15.0 Å². The number of nitrogens with zero attached hydrogens (tertiary/aromatic N) is 1. The summed E-state index contributed by atoms with van der Waals surface area (Å²) in [7, 11) is 0. The van der Waals surface area contributed by atoms with Crippen LogP contribution in [-0.4, -0.2) is 27.0 Å². The van der Waals surface area contributed by atoms with Crippen LogP contribution in [0.25, 0.3) is 33.4 Å². The second kappa shape index (κ2) is 6.72. The second-order valence-electron chi connectivity index (χ2n) is 7.90. The van der Waals surface area contributed by atoms with Crippen LogP contribution >= 0.6 is 11.6 Å². The van der Waals surface area contributed by atoms with Gasteiger partial charge in [0.15, 0.2) is 5.76 Å². The second-order valence-corrected chi connectivity index (χ2v) is 8.31. The van der Waals surface area contributed by atoms with E-state index in [-0.39, 0.29) is 29.1 Å². The molecule has 2 aromatic heterocycles. The summed E-state index contributed by atoms with van der Waals surface area (Å²) in [6.45, 7) is 1.89. The van der Waals surface area contributed by atoms with Gasteiger partial charge in [-0.3, -0.25) is 4.79 Å². The Morgan fingerprint density at radius 1 is 1.20 bits per heavy atom. The molecule has 6 nitrogen and oxygen atoms in total. The Labute approximate surface area is 176 Å². The maximum atomic E-state index is 12.5. The van der Waals surface area contributed by atoms with E-state index in [2.05, 4.69) is 10.1 Å². The van der Waals surface area contributed by atoms with Crippen LogP contribution in [0.2, 0.25) is 5.02 Å². The molecule has 2 heterocycles. The molecule has 1 saturated carbocycles. The Morgan fingerprint density at radius 3 is 2.53 bits per heavy atom. The molecular weight excluding hydrogens is 404 g/mol. The lowest BCUT2D eigenvalue weighted by molar-refractivity contribution is 0.255. The van der Waals surface area contributed by atoms with Crippen LogP contribution in [0.1, 0.15) is 24.1 Å². The van der Waals surface area contributed by atoms with Gasteiger partial charge in [0.05, 0.1) is 22.8 Å². The molecule has 0 saturated heterocycles. The lowest BCUT2D eigenvalue weighted by Crippen LogP contribution is -2.11.